The summed E-state index contributed by atoms with van der Waals surface area (Å²) in [6.45, 7) is 2.03. The second kappa shape index (κ2) is 12.0. The van der Waals surface area contributed by atoms with Gasteiger partial charge in [-0.3, -0.25) is 0 Å². The Morgan fingerprint density at radius 2 is 1.44 bits per heavy atom. The maximum absolute atomic E-state index is 5.93. The van der Waals surface area contributed by atoms with Gasteiger partial charge in [0.1, 0.15) is 0 Å². The summed E-state index contributed by atoms with van der Waals surface area (Å²) in [5, 5.41) is 3.68. The zero-order chi connectivity index (χ0) is 19.4. The molecule has 2 aromatic carbocycles. The molecule has 27 heavy (non-hydrogen) atoms. The topological polar surface area (TPSA) is 65.7 Å². The van der Waals surface area contributed by atoms with Crippen LogP contribution in [0.5, 0.6) is 0 Å². The third-order valence-electron chi connectivity index (χ3n) is 4.57. The normalized spacial score (nSPS) is 11.9. The van der Waals surface area contributed by atoms with Gasteiger partial charge in [-0.15, -0.1) is 0 Å². The van der Waals surface area contributed by atoms with Crippen LogP contribution in [0.2, 0.25) is 6.04 Å². The van der Waals surface area contributed by atoms with E-state index in [1.807, 2.05) is 12.1 Å². The highest BCUT2D eigenvalue weighted by Crippen LogP contribution is 2.22. The van der Waals surface area contributed by atoms with Crippen LogP contribution in [0, 0.1) is 0 Å². The number of benzene rings is 2. The third kappa shape index (κ3) is 6.84. The van der Waals surface area contributed by atoms with Crippen LogP contribution >= 0.6 is 0 Å². The number of hydrogen-bond acceptors (Lipinski definition) is 5. The molecule has 2 aromatic rings. The summed E-state index contributed by atoms with van der Waals surface area (Å²) in [4.78, 5) is 0. The van der Waals surface area contributed by atoms with Gasteiger partial charge < -0.3 is 24.3 Å². The van der Waals surface area contributed by atoms with Crippen molar-refractivity contribution in [2.24, 2.45) is 5.73 Å². The minimum Gasteiger partial charge on any atom is -0.377 e. The molecule has 0 aliphatic rings. The Balaban J connectivity index is 1.95. The Labute approximate surface area is 164 Å². The molecule has 148 valence electrons. The van der Waals surface area contributed by atoms with Gasteiger partial charge >= 0.3 is 8.80 Å². The third-order valence-corrected chi connectivity index (χ3v) is 7.42. The van der Waals surface area contributed by atoms with Crippen molar-refractivity contribution in [3.8, 4) is 0 Å². The first-order chi connectivity index (χ1) is 13.2. The first-order valence-electron chi connectivity index (χ1n) is 9.52. The molecule has 0 amide bonds. The molecule has 5 nitrogen and oxygen atoms in total. The van der Waals surface area contributed by atoms with Crippen LogP contribution in [-0.4, -0.2) is 42.7 Å². The average Bonchev–Trinajstić information content (AvgIpc) is 2.74. The van der Waals surface area contributed by atoms with Gasteiger partial charge in [-0.25, -0.2) is 0 Å². The number of nitrogens with one attached hydrogen (secondary N) is 1. The summed E-state index contributed by atoms with van der Waals surface area (Å²) in [5.74, 6) is 0. The lowest BCUT2D eigenvalue weighted by molar-refractivity contribution is 0.0971. The van der Waals surface area contributed by atoms with Gasteiger partial charge in [0.05, 0.1) is 6.04 Å². The van der Waals surface area contributed by atoms with Crippen molar-refractivity contribution in [3.05, 3.63) is 71.8 Å². The summed E-state index contributed by atoms with van der Waals surface area (Å²) < 4.78 is 17.2. The second-order valence-corrected chi connectivity index (χ2v) is 9.37. The Bertz CT molecular complexity index is 584. The number of rotatable bonds is 13. The molecular weight excluding hydrogens is 356 g/mol. The molecule has 0 unspecified atom stereocenters. The molecule has 0 fully saturated rings. The van der Waals surface area contributed by atoms with E-state index in [2.05, 4.69) is 53.8 Å². The van der Waals surface area contributed by atoms with Crippen molar-refractivity contribution in [1.82, 2.24) is 5.32 Å². The van der Waals surface area contributed by atoms with E-state index in [1.54, 1.807) is 14.2 Å². The fourth-order valence-electron chi connectivity index (χ4n) is 3.06. The van der Waals surface area contributed by atoms with Gasteiger partial charge in [0.2, 0.25) is 0 Å². The molecule has 0 atom stereocenters. The van der Waals surface area contributed by atoms with Gasteiger partial charge in [-0.05, 0) is 37.1 Å². The van der Waals surface area contributed by atoms with Gasteiger partial charge in [0, 0.05) is 26.9 Å². The van der Waals surface area contributed by atoms with Crippen LogP contribution in [0.1, 0.15) is 30.0 Å². The van der Waals surface area contributed by atoms with Crippen molar-refractivity contribution >= 4 is 8.80 Å². The van der Waals surface area contributed by atoms with E-state index in [0.717, 1.165) is 25.4 Å². The van der Waals surface area contributed by atoms with Crippen molar-refractivity contribution < 1.29 is 13.3 Å². The maximum Gasteiger partial charge on any atom is 0.500 e. The first-order valence-corrected chi connectivity index (χ1v) is 11.5. The van der Waals surface area contributed by atoms with Crippen molar-refractivity contribution in [2.45, 2.75) is 24.9 Å². The summed E-state index contributed by atoms with van der Waals surface area (Å²) in [7, 11) is 0.731. The van der Waals surface area contributed by atoms with Gasteiger partial charge in [-0.1, -0.05) is 60.7 Å². The minimum absolute atomic E-state index is 0.159. The Morgan fingerprint density at radius 3 is 1.93 bits per heavy atom. The Kier molecular flexibility index (Phi) is 9.69. The van der Waals surface area contributed by atoms with E-state index in [9.17, 15) is 0 Å². The lowest BCUT2D eigenvalue weighted by Crippen LogP contribution is -2.44. The van der Waals surface area contributed by atoms with Crippen molar-refractivity contribution in [1.29, 1.82) is 0 Å². The Morgan fingerprint density at radius 1 is 0.889 bits per heavy atom. The van der Waals surface area contributed by atoms with Crippen LogP contribution in [0.25, 0.3) is 0 Å². The van der Waals surface area contributed by atoms with Gasteiger partial charge in [0.25, 0.3) is 0 Å². The molecule has 6 heteroatoms. The van der Waals surface area contributed by atoms with E-state index in [4.69, 9.17) is 19.0 Å². The molecule has 0 bridgehead atoms. The number of nitrogens with two attached hydrogens (primary N) is 1. The molecule has 0 saturated heterocycles. The predicted molar refractivity (Wildman–Crippen MR) is 112 cm³/mol. The quantitative estimate of drug-likeness (QED) is 0.407. The monoisotopic (exact) mass is 388 g/mol. The molecule has 2 rings (SSSR count). The molecule has 0 aliphatic heterocycles. The van der Waals surface area contributed by atoms with Gasteiger partial charge in [-0.2, -0.15) is 0 Å². The Hall–Kier alpha value is -1.54. The van der Waals surface area contributed by atoms with Gasteiger partial charge in [0.15, 0.2) is 0 Å². The summed E-state index contributed by atoms with van der Waals surface area (Å²) in [5.41, 5.74) is 8.06. The van der Waals surface area contributed by atoms with E-state index < -0.39 is 8.80 Å². The first kappa shape index (κ1) is 21.8. The number of hydrogen-bond donors (Lipinski definition) is 2. The minimum atomic E-state index is -2.61. The van der Waals surface area contributed by atoms with E-state index in [-0.39, 0.29) is 6.04 Å². The van der Waals surface area contributed by atoms with Crippen molar-refractivity contribution in [3.63, 3.8) is 0 Å². The predicted octanol–water partition coefficient (Wildman–Crippen LogP) is 3.35. The fourth-order valence-corrected chi connectivity index (χ4v) is 5.08. The highest BCUT2D eigenvalue weighted by atomic mass is 28.4. The largest absolute Gasteiger partial charge is 0.500 e. The van der Waals surface area contributed by atoms with Crippen LogP contribution in [0.15, 0.2) is 60.7 Å². The molecule has 0 saturated carbocycles. The molecule has 0 radical (unpaired) electrons. The second-order valence-electron chi connectivity index (χ2n) is 6.39. The van der Waals surface area contributed by atoms with Crippen LogP contribution in [-0.2, 0) is 13.3 Å². The highest BCUT2D eigenvalue weighted by molar-refractivity contribution is 6.60. The molecule has 0 spiro atoms. The lowest BCUT2D eigenvalue weighted by Gasteiger charge is -2.27. The fraction of sp³-hybridized carbons (Fsp3) is 0.429. The molecule has 0 aliphatic carbocycles. The van der Waals surface area contributed by atoms with Crippen LogP contribution in [0.4, 0.5) is 0 Å². The van der Waals surface area contributed by atoms with Crippen LogP contribution in [0.3, 0.4) is 0 Å². The smallest absolute Gasteiger partial charge is 0.377 e. The van der Waals surface area contributed by atoms with E-state index in [0.29, 0.717) is 13.2 Å². The van der Waals surface area contributed by atoms with E-state index >= 15 is 0 Å². The van der Waals surface area contributed by atoms with Crippen molar-refractivity contribution in [2.75, 3.05) is 33.9 Å². The van der Waals surface area contributed by atoms with E-state index in [1.165, 1.54) is 11.1 Å². The van der Waals surface area contributed by atoms with Crippen LogP contribution < -0.4 is 11.1 Å². The maximum atomic E-state index is 5.93. The summed E-state index contributed by atoms with van der Waals surface area (Å²) in [6.07, 6.45) is 1.72. The zero-order valence-electron chi connectivity index (χ0n) is 16.4. The molecule has 0 heterocycles. The summed E-state index contributed by atoms with van der Waals surface area (Å²) in [6, 6.07) is 21.9. The average molecular weight is 389 g/mol. The SMILES string of the molecule is CO[Si](CCCNC(c1ccccc1)c1ccccc1)(OC)OCCCN. The zero-order valence-corrected chi connectivity index (χ0v) is 17.4. The molecular formula is C21H32N2O3Si. The summed E-state index contributed by atoms with van der Waals surface area (Å²) >= 11 is 0. The standard InChI is InChI=1S/C21H32N2O3Si/c1-24-27(25-2,26-17-9-15-22)18-10-16-23-21(19-11-5-3-6-12-19)20-13-7-4-8-14-20/h3-8,11-14,21,23H,9-10,15-18,22H2,1-2H3. The lowest BCUT2D eigenvalue weighted by atomic mass is 9.99. The molecule has 3 N–H and O–H groups in total. The molecule has 0 aromatic heterocycles. The highest BCUT2D eigenvalue weighted by Gasteiger charge is 2.38.